The van der Waals surface area contributed by atoms with Gasteiger partial charge in [-0.2, -0.15) is 10.2 Å². The normalized spacial score (nSPS) is 10.9. The minimum atomic E-state index is -0.413. The number of aromatic nitrogens is 2. The van der Waals surface area contributed by atoms with Crippen molar-refractivity contribution in [3.8, 4) is 22.8 Å². The highest BCUT2D eigenvalue weighted by molar-refractivity contribution is 5.94. The first-order chi connectivity index (χ1) is 12.6. The van der Waals surface area contributed by atoms with E-state index in [1.165, 1.54) is 6.21 Å². The number of methoxy groups -OCH3 is 2. The predicted molar refractivity (Wildman–Crippen MR) is 95.6 cm³/mol. The molecule has 0 spiro atoms. The molecule has 1 aromatic carbocycles. The third-order valence-corrected chi connectivity index (χ3v) is 3.62. The molecule has 0 unspecified atom stereocenters. The lowest BCUT2D eigenvalue weighted by Gasteiger charge is -2.08. The van der Waals surface area contributed by atoms with E-state index in [9.17, 15) is 4.79 Å². The Labute approximate surface area is 149 Å². The van der Waals surface area contributed by atoms with E-state index in [0.29, 0.717) is 23.0 Å². The van der Waals surface area contributed by atoms with Crippen molar-refractivity contribution in [1.82, 2.24) is 15.6 Å². The molecule has 0 saturated carbocycles. The van der Waals surface area contributed by atoms with E-state index in [-0.39, 0.29) is 5.69 Å². The average molecular weight is 354 g/mol. The smallest absolute Gasteiger partial charge is 0.289 e. The number of amides is 1. The Morgan fingerprint density at radius 3 is 2.69 bits per heavy atom. The highest BCUT2D eigenvalue weighted by Gasteiger charge is 2.12. The molecule has 26 heavy (non-hydrogen) atoms. The molecule has 0 radical (unpaired) electrons. The van der Waals surface area contributed by atoms with Crippen LogP contribution in [-0.4, -0.2) is 36.5 Å². The molecule has 0 fully saturated rings. The fourth-order valence-corrected chi connectivity index (χ4v) is 2.32. The summed E-state index contributed by atoms with van der Waals surface area (Å²) in [6, 6.07) is 10.6. The average Bonchev–Trinajstić information content (AvgIpc) is 3.30. The number of aryl methyl sites for hydroxylation is 1. The molecule has 134 valence electrons. The van der Waals surface area contributed by atoms with Gasteiger partial charge in [-0.05, 0) is 43.3 Å². The maximum atomic E-state index is 12.1. The Morgan fingerprint density at radius 2 is 2.00 bits per heavy atom. The molecule has 0 atom stereocenters. The lowest BCUT2D eigenvalue weighted by Crippen LogP contribution is -2.17. The van der Waals surface area contributed by atoms with E-state index in [0.717, 1.165) is 11.3 Å². The van der Waals surface area contributed by atoms with Crippen molar-refractivity contribution in [1.29, 1.82) is 0 Å². The van der Waals surface area contributed by atoms with Crippen LogP contribution in [0.3, 0.4) is 0 Å². The van der Waals surface area contributed by atoms with Crippen LogP contribution in [0.1, 0.15) is 22.0 Å². The van der Waals surface area contributed by atoms with Gasteiger partial charge in [0.25, 0.3) is 5.91 Å². The number of hydrogen-bond donors (Lipinski definition) is 2. The summed E-state index contributed by atoms with van der Waals surface area (Å²) in [5, 5.41) is 10.7. The van der Waals surface area contributed by atoms with Crippen LogP contribution in [0.5, 0.6) is 11.5 Å². The quantitative estimate of drug-likeness (QED) is 0.523. The van der Waals surface area contributed by atoms with Crippen LogP contribution < -0.4 is 14.9 Å². The van der Waals surface area contributed by atoms with Gasteiger partial charge in [0, 0.05) is 5.56 Å². The largest absolute Gasteiger partial charge is 0.493 e. The van der Waals surface area contributed by atoms with Gasteiger partial charge in [-0.15, -0.1) is 0 Å². The number of benzene rings is 1. The van der Waals surface area contributed by atoms with E-state index in [1.807, 2.05) is 19.1 Å². The van der Waals surface area contributed by atoms with Gasteiger partial charge in [-0.3, -0.25) is 9.89 Å². The topological polar surface area (TPSA) is 102 Å². The second-order valence-corrected chi connectivity index (χ2v) is 5.38. The Hall–Kier alpha value is -3.55. The van der Waals surface area contributed by atoms with Crippen LogP contribution in [0.25, 0.3) is 11.3 Å². The number of hydrazone groups is 1. The van der Waals surface area contributed by atoms with Gasteiger partial charge in [0.2, 0.25) is 0 Å². The first-order valence-electron chi connectivity index (χ1n) is 7.78. The number of hydrogen-bond acceptors (Lipinski definition) is 6. The number of furan rings is 1. The maximum absolute atomic E-state index is 12.1. The molecule has 3 rings (SSSR count). The second-order valence-electron chi connectivity index (χ2n) is 5.38. The molecule has 0 bridgehead atoms. The van der Waals surface area contributed by atoms with Gasteiger partial charge in [-0.25, -0.2) is 5.43 Å². The van der Waals surface area contributed by atoms with E-state index in [2.05, 4.69) is 20.7 Å². The van der Waals surface area contributed by atoms with Crippen LogP contribution >= 0.6 is 0 Å². The molecule has 2 aromatic heterocycles. The second kappa shape index (κ2) is 7.56. The number of rotatable bonds is 6. The van der Waals surface area contributed by atoms with Crippen LogP contribution in [0, 0.1) is 6.92 Å². The van der Waals surface area contributed by atoms with E-state index >= 15 is 0 Å². The van der Waals surface area contributed by atoms with Gasteiger partial charge in [0.15, 0.2) is 11.5 Å². The molecule has 8 nitrogen and oxygen atoms in total. The number of nitrogens with one attached hydrogen (secondary N) is 2. The summed E-state index contributed by atoms with van der Waals surface area (Å²) >= 11 is 0. The zero-order chi connectivity index (χ0) is 18.5. The number of H-pyrrole nitrogens is 1. The number of ether oxygens (including phenoxy) is 2. The van der Waals surface area contributed by atoms with Crippen LogP contribution in [0.4, 0.5) is 0 Å². The third-order valence-electron chi connectivity index (χ3n) is 3.62. The van der Waals surface area contributed by atoms with Crippen LogP contribution in [0.15, 0.2) is 45.9 Å². The molecule has 0 aliphatic carbocycles. The molecule has 2 N–H and O–H groups in total. The van der Waals surface area contributed by atoms with Gasteiger partial charge in [0.1, 0.15) is 17.2 Å². The predicted octanol–water partition coefficient (Wildman–Crippen LogP) is 2.76. The number of carbonyl (C=O) groups excluding carboxylic acids is 1. The first-order valence-corrected chi connectivity index (χ1v) is 7.78. The highest BCUT2D eigenvalue weighted by Crippen LogP contribution is 2.31. The first kappa shape index (κ1) is 17.3. The van der Waals surface area contributed by atoms with E-state index < -0.39 is 5.91 Å². The Bertz CT molecular complexity index is 942. The fourth-order valence-electron chi connectivity index (χ4n) is 2.32. The molecule has 1 amide bonds. The summed E-state index contributed by atoms with van der Waals surface area (Å²) in [6.45, 7) is 1.83. The lowest BCUT2D eigenvalue weighted by molar-refractivity contribution is 0.0950. The van der Waals surface area contributed by atoms with Crippen molar-refractivity contribution in [2.75, 3.05) is 14.2 Å². The van der Waals surface area contributed by atoms with E-state index in [4.69, 9.17) is 13.9 Å². The standard InChI is InChI=1S/C18H18N4O4/c1-11-4-6-13(26-11)10-19-22-18(23)15-9-14(20-21-15)12-5-7-16(24-2)17(8-12)25-3/h4-10H,1-3H3,(H,20,21)(H,22,23). The summed E-state index contributed by atoms with van der Waals surface area (Å²) in [5.74, 6) is 2.11. The minimum Gasteiger partial charge on any atom is -0.493 e. The molecule has 0 saturated heterocycles. The van der Waals surface area contributed by atoms with Crippen molar-refractivity contribution >= 4 is 12.1 Å². The summed E-state index contributed by atoms with van der Waals surface area (Å²) in [5.41, 5.74) is 4.08. The zero-order valence-corrected chi connectivity index (χ0v) is 14.6. The number of aromatic amines is 1. The zero-order valence-electron chi connectivity index (χ0n) is 14.6. The van der Waals surface area contributed by atoms with Gasteiger partial charge >= 0.3 is 0 Å². The highest BCUT2D eigenvalue weighted by atomic mass is 16.5. The summed E-state index contributed by atoms with van der Waals surface area (Å²) in [7, 11) is 3.13. The van der Waals surface area contributed by atoms with Crippen molar-refractivity contribution in [3.63, 3.8) is 0 Å². The van der Waals surface area contributed by atoms with Crippen molar-refractivity contribution in [2.24, 2.45) is 5.10 Å². The maximum Gasteiger partial charge on any atom is 0.289 e. The van der Waals surface area contributed by atoms with Crippen molar-refractivity contribution < 1.29 is 18.7 Å². The van der Waals surface area contributed by atoms with Gasteiger partial charge < -0.3 is 13.9 Å². The Balaban J connectivity index is 1.71. The summed E-state index contributed by atoms with van der Waals surface area (Å²) in [4.78, 5) is 12.1. The monoisotopic (exact) mass is 354 g/mol. The molecule has 3 aromatic rings. The van der Waals surface area contributed by atoms with Crippen molar-refractivity contribution in [2.45, 2.75) is 6.92 Å². The number of nitrogens with zero attached hydrogens (tertiary/aromatic N) is 2. The lowest BCUT2D eigenvalue weighted by atomic mass is 10.1. The van der Waals surface area contributed by atoms with Gasteiger partial charge in [-0.1, -0.05) is 0 Å². The summed E-state index contributed by atoms with van der Waals surface area (Å²) in [6.07, 6.45) is 1.43. The number of carbonyl (C=O) groups is 1. The molecule has 0 aliphatic heterocycles. The molecule has 8 heteroatoms. The van der Waals surface area contributed by atoms with Gasteiger partial charge in [0.05, 0.1) is 26.1 Å². The molecule has 0 aliphatic rings. The Kier molecular flexibility index (Phi) is 5.02. The van der Waals surface area contributed by atoms with Crippen LogP contribution in [-0.2, 0) is 0 Å². The fraction of sp³-hybridized carbons (Fsp3) is 0.167. The van der Waals surface area contributed by atoms with Crippen molar-refractivity contribution in [3.05, 3.63) is 53.6 Å². The minimum absolute atomic E-state index is 0.280. The van der Waals surface area contributed by atoms with E-state index in [1.54, 1.807) is 38.5 Å². The van der Waals surface area contributed by atoms with Crippen LogP contribution in [0.2, 0.25) is 0 Å². The summed E-state index contributed by atoms with van der Waals surface area (Å²) < 4.78 is 15.8. The Morgan fingerprint density at radius 1 is 1.19 bits per heavy atom. The molecular weight excluding hydrogens is 336 g/mol. The third kappa shape index (κ3) is 3.75. The molecule has 2 heterocycles. The SMILES string of the molecule is COc1ccc(-c2cc(C(=O)NN=Cc3ccc(C)o3)[nH]n2)cc1OC. The molecular formula is C18H18N4O4.